The third-order valence-corrected chi connectivity index (χ3v) is 4.67. The number of allylic oxidation sites excluding steroid dienone is 1. The molecule has 1 saturated carbocycles. The van der Waals surface area contributed by atoms with Crippen molar-refractivity contribution in [3.05, 3.63) is 11.6 Å². The molecular formula is C16H27NO. The molecule has 2 nitrogen and oxygen atoms in total. The van der Waals surface area contributed by atoms with Crippen molar-refractivity contribution in [2.75, 3.05) is 0 Å². The molecule has 2 aliphatic rings. The summed E-state index contributed by atoms with van der Waals surface area (Å²) in [6, 6.07) is 0.579. The predicted molar refractivity (Wildman–Crippen MR) is 75.3 cm³/mol. The summed E-state index contributed by atoms with van der Waals surface area (Å²) in [6.45, 7) is 8.48. The Balaban J connectivity index is 2.23. The maximum atomic E-state index is 12.8. The second kappa shape index (κ2) is 5.07. The standard InChI is InChI=1S/C16H27NO/c1-12(2)17(13(3)4)15(18)14-8-5-6-9-16(14)10-7-11-16/h8,12-13H,5-7,9-11H2,1-4H3. The molecule has 0 heterocycles. The fourth-order valence-corrected chi connectivity index (χ4v) is 3.68. The average molecular weight is 249 g/mol. The lowest BCUT2D eigenvalue weighted by Gasteiger charge is -2.47. The van der Waals surface area contributed by atoms with Crippen LogP contribution in [0, 0.1) is 5.41 Å². The molecule has 1 amide bonds. The van der Waals surface area contributed by atoms with Crippen LogP contribution in [0.1, 0.15) is 66.2 Å². The van der Waals surface area contributed by atoms with E-state index >= 15 is 0 Å². The smallest absolute Gasteiger partial charge is 0.250 e. The minimum atomic E-state index is 0.261. The second-order valence-electron chi connectivity index (χ2n) is 6.54. The van der Waals surface area contributed by atoms with E-state index in [1.165, 1.54) is 32.1 Å². The number of carbonyl (C=O) groups excluding carboxylic acids is 1. The molecule has 2 heteroatoms. The van der Waals surface area contributed by atoms with E-state index in [0.717, 1.165) is 12.0 Å². The predicted octanol–water partition coefficient (Wildman–Crippen LogP) is 3.91. The number of carbonyl (C=O) groups is 1. The normalized spacial score (nSPS) is 22.0. The highest BCUT2D eigenvalue weighted by molar-refractivity contribution is 5.95. The van der Waals surface area contributed by atoms with Crippen LogP contribution in [-0.4, -0.2) is 22.9 Å². The van der Waals surface area contributed by atoms with Crippen molar-refractivity contribution in [1.82, 2.24) is 4.90 Å². The van der Waals surface area contributed by atoms with Crippen molar-refractivity contribution in [3.63, 3.8) is 0 Å². The van der Waals surface area contributed by atoms with Crippen LogP contribution in [0.5, 0.6) is 0 Å². The van der Waals surface area contributed by atoms with Crippen LogP contribution < -0.4 is 0 Å². The summed E-state index contributed by atoms with van der Waals surface area (Å²) < 4.78 is 0. The van der Waals surface area contributed by atoms with E-state index in [2.05, 4.69) is 38.7 Å². The third kappa shape index (κ3) is 2.22. The monoisotopic (exact) mass is 249 g/mol. The van der Waals surface area contributed by atoms with Crippen LogP contribution >= 0.6 is 0 Å². The van der Waals surface area contributed by atoms with E-state index in [-0.39, 0.29) is 17.5 Å². The number of amides is 1. The molecule has 1 spiro atoms. The van der Waals surface area contributed by atoms with E-state index in [4.69, 9.17) is 0 Å². The zero-order valence-corrected chi connectivity index (χ0v) is 12.3. The van der Waals surface area contributed by atoms with Gasteiger partial charge in [0, 0.05) is 23.1 Å². The van der Waals surface area contributed by atoms with E-state index in [0.29, 0.717) is 5.91 Å². The molecule has 0 bridgehead atoms. The van der Waals surface area contributed by atoms with Crippen LogP contribution in [-0.2, 0) is 4.79 Å². The Kier molecular flexibility index (Phi) is 3.84. The molecule has 0 unspecified atom stereocenters. The number of hydrogen-bond acceptors (Lipinski definition) is 1. The number of rotatable bonds is 3. The summed E-state index contributed by atoms with van der Waals surface area (Å²) in [5.41, 5.74) is 1.40. The lowest BCUT2D eigenvalue weighted by Crippen LogP contribution is -2.48. The Morgan fingerprint density at radius 2 is 1.67 bits per heavy atom. The van der Waals surface area contributed by atoms with Crippen LogP contribution in [0.2, 0.25) is 0 Å². The lowest BCUT2D eigenvalue weighted by atomic mass is 9.59. The largest absolute Gasteiger partial charge is 0.334 e. The highest BCUT2D eigenvalue weighted by atomic mass is 16.2. The maximum absolute atomic E-state index is 12.8. The SMILES string of the molecule is CC(C)N(C(=O)C1=CCCCC12CCC2)C(C)C. The van der Waals surface area contributed by atoms with Gasteiger partial charge in [-0.05, 0) is 59.8 Å². The topological polar surface area (TPSA) is 20.3 Å². The van der Waals surface area contributed by atoms with Gasteiger partial charge < -0.3 is 4.90 Å². The van der Waals surface area contributed by atoms with Crippen molar-refractivity contribution >= 4 is 5.91 Å². The Morgan fingerprint density at radius 1 is 1.11 bits per heavy atom. The Labute approximate surface area is 111 Å². The fraction of sp³-hybridized carbons (Fsp3) is 0.812. The molecule has 0 aliphatic heterocycles. The molecule has 0 radical (unpaired) electrons. The first-order valence-electron chi connectivity index (χ1n) is 7.51. The van der Waals surface area contributed by atoms with Crippen molar-refractivity contribution in [2.45, 2.75) is 78.3 Å². The third-order valence-electron chi connectivity index (χ3n) is 4.67. The molecule has 0 saturated heterocycles. The zero-order chi connectivity index (χ0) is 13.3. The highest BCUT2D eigenvalue weighted by Gasteiger charge is 2.45. The molecule has 0 aromatic carbocycles. The summed E-state index contributed by atoms with van der Waals surface area (Å²) in [5, 5.41) is 0. The molecule has 0 atom stereocenters. The van der Waals surface area contributed by atoms with Crippen molar-refractivity contribution < 1.29 is 4.79 Å². The first kappa shape index (κ1) is 13.6. The summed E-state index contributed by atoms with van der Waals surface area (Å²) in [5.74, 6) is 0.305. The average Bonchev–Trinajstić information content (AvgIpc) is 2.25. The van der Waals surface area contributed by atoms with Crippen molar-refractivity contribution in [1.29, 1.82) is 0 Å². The van der Waals surface area contributed by atoms with Gasteiger partial charge in [-0.2, -0.15) is 0 Å². The molecule has 102 valence electrons. The molecule has 0 N–H and O–H groups in total. The number of nitrogens with zero attached hydrogens (tertiary/aromatic N) is 1. The van der Waals surface area contributed by atoms with Crippen LogP contribution in [0.4, 0.5) is 0 Å². The Hall–Kier alpha value is -0.790. The summed E-state index contributed by atoms with van der Waals surface area (Å²) in [4.78, 5) is 14.9. The summed E-state index contributed by atoms with van der Waals surface area (Å²) in [7, 11) is 0. The maximum Gasteiger partial charge on any atom is 0.250 e. The molecule has 0 aromatic heterocycles. The lowest BCUT2D eigenvalue weighted by molar-refractivity contribution is -0.132. The van der Waals surface area contributed by atoms with E-state index in [9.17, 15) is 4.79 Å². The van der Waals surface area contributed by atoms with Gasteiger partial charge >= 0.3 is 0 Å². The van der Waals surface area contributed by atoms with E-state index in [1.807, 2.05) is 0 Å². The van der Waals surface area contributed by atoms with Crippen LogP contribution in [0.3, 0.4) is 0 Å². The van der Waals surface area contributed by atoms with Gasteiger partial charge in [0.1, 0.15) is 0 Å². The minimum absolute atomic E-state index is 0.261. The van der Waals surface area contributed by atoms with Gasteiger partial charge in [-0.1, -0.05) is 12.5 Å². The summed E-state index contributed by atoms with van der Waals surface area (Å²) in [6.07, 6.45) is 9.58. The molecule has 2 aliphatic carbocycles. The van der Waals surface area contributed by atoms with Gasteiger partial charge in [-0.15, -0.1) is 0 Å². The minimum Gasteiger partial charge on any atom is -0.334 e. The zero-order valence-electron chi connectivity index (χ0n) is 12.3. The number of hydrogen-bond donors (Lipinski definition) is 0. The molecule has 18 heavy (non-hydrogen) atoms. The Bertz CT molecular complexity index is 342. The van der Waals surface area contributed by atoms with Crippen LogP contribution in [0.25, 0.3) is 0 Å². The van der Waals surface area contributed by atoms with E-state index in [1.54, 1.807) is 0 Å². The van der Waals surface area contributed by atoms with Gasteiger partial charge in [-0.3, -0.25) is 4.79 Å². The van der Waals surface area contributed by atoms with Gasteiger partial charge in [0.25, 0.3) is 0 Å². The van der Waals surface area contributed by atoms with Gasteiger partial charge in [0.05, 0.1) is 0 Å². The first-order chi connectivity index (χ1) is 8.48. The summed E-state index contributed by atoms with van der Waals surface area (Å²) >= 11 is 0. The molecular weight excluding hydrogens is 222 g/mol. The van der Waals surface area contributed by atoms with Gasteiger partial charge in [-0.25, -0.2) is 0 Å². The fourth-order valence-electron chi connectivity index (χ4n) is 3.68. The van der Waals surface area contributed by atoms with Gasteiger partial charge in [0.2, 0.25) is 5.91 Å². The molecule has 0 aromatic rings. The van der Waals surface area contributed by atoms with E-state index < -0.39 is 0 Å². The van der Waals surface area contributed by atoms with Crippen molar-refractivity contribution in [3.8, 4) is 0 Å². The molecule has 2 rings (SSSR count). The molecule has 1 fully saturated rings. The first-order valence-corrected chi connectivity index (χ1v) is 7.51. The Morgan fingerprint density at radius 3 is 2.11 bits per heavy atom. The quantitative estimate of drug-likeness (QED) is 0.742. The van der Waals surface area contributed by atoms with Crippen molar-refractivity contribution in [2.24, 2.45) is 5.41 Å². The van der Waals surface area contributed by atoms with Crippen LogP contribution in [0.15, 0.2) is 11.6 Å². The van der Waals surface area contributed by atoms with Gasteiger partial charge in [0.15, 0.2) is 0 Å². The second-order valence-corrected chi connectivity index (χ2v) is 6.54. The highest BCUT2D eigenvalue weighted by Crippen LogP contribution is 2.53.